The minimum atomic E-state index is 0.315. The van der Waals surface area contributed by atoms with Gasteiger partial charge in [-0.2, -0.15) is 15.2 Å². The van der Waals surface area contributed by atoms with Gasteiger partial charge in [-0.15, -0.1) is 0 Å². The smallest absolute Gasteiger partial charge is 0.317 e. The van der Waals surface area contributed by atoms with Gasteiger partial charge in [0.1, 0.15) is 6.61 Å². The molecule has 0 saturated heterocycles. The quantitative estimate of drug-likeness (QED) is 0.735. The van der Waals surface area contributed by atoms with Crippen LogP contribution in [-0.4, -0.2) is 15.0 Å². The van der Waals surface area contributed by atoms with Gasteiger partial charge in [0.05, 0.1) is 29.0 Å². The summed E-state index contributed by atoms with van der Waals surface area (Å²) < 4.78 is 5.62. The second-order valence-corrected chi connectivity index (χ2v) is 4.59. The molecule has 0 fully saturated rings. The van der Waals surface area contributed by atoms with E-state index in [0.717, 1.165) is 22.2 Å². The number of pyridine rings is 1. The summed E-state index contributed by atoms with van der Waals surface area (Å²) in [4.78, 5) is 12.7. The fraction of sp³-hybridized carbons (Fsp3) is 0.125. The molecular formula is C16H12N4O. The van der Waals surface area contributed by atoms with E-state index in [9.17, 15) is 0 Å². The van der Waals surface area contributed by atoms with Gasteiger partial charge < -0.3 is 4.74 Å². The molecule has 5 heteroatoms. The molecule has 21 heavy (non-hydrogen) atoms. The summed E-state index contributed by atoms with van der Waals surface area (Å²) in [5.41, 5.74) is 3.12. The predicted octanol–water partition coefficient (Wildman–Crippen LogP) is 2.78. The van der Waals surface area contributed by atoms with Crippen molar-refractivity contribution in [3.63, 3.8) is 0 Å². The number of ether oxygens (including phenoxy) is 1. The molecule has 2 heterocycles. The van der Waals surface area contributed by atoms with E-state index < -0.39 is 0 Å². The highest BCUT2D eigenvalue weighted by Crippen LogP contribution is 2.17. The maximum Gasteiger partial charge on any atom is 0.317 e. The molecule has 3 aromatic rings. The lowest BCUT2D eigenvalue weighted by atomic mass is 10.1. The summed E-state index contributed by atoms with van der Waals surface area (Å²) in [6.45, 7) is 2.23. The van der Waals surface area contributed by atoms with E-state index in [-0.39, 0.29) is 0 Å². The summed E-state index contributed by atoms with van der Waals surface area (Å²) in [6, 6.07) is 11.6. The van der Waals surface area contributed by atoms with Crippen molar-refractivity contribution >= 4 is 10.9 Å². The molecule has 0 aliphatic rings. The Hall–Kier alpha value is -3.00. The zero-order chi connectivity index (χ0) is 14.7. The molecule has 3 rings (SSSR count). The maximum absolute atomic E-state index is 8.88. The number of hydrogen-bond donors (Lipinski definition) is 0. The van der Waals surface area contributed by atoms with E-state index in [1.807, 2.05) is 25.1 Å². The maximum atomic E-state index is 8.88. The van der Waals surface area contributed by atoms with Crippen molar-refractivity contribution in [1.29, 1.82) is 5.26 Å². The van der Waals surface area contributed by atoms with Gasteiger partial charge in [0.25, 0.3) is 0 Å². The van der Waals surface area contributed by atoms with Crippen LogP contribution in [0.5, 0.6) is 6.01 Å². The highest BCUT2D eigenvalue weighted by Gasteiger charge is 2.06. The van der Waals surface area contributed by atoms with Crippen LogP contribution in [0, 0.1) is 18.3 Å². The summed E-state index contributed by atoms with van der Waals surface area (Å²) in [5, 5.41) is 9.84. The monoisotopic (exact) mass is 276 g/mol. The molecule has 5 nitrogen and oxygen atoms in total. The number of benzene rings is 1. The Labute approximate surface area is 121 Å². The Morgan fingerprint density at radius 1 is 1.24 bits per heavy atom. The number of fused-ring (bicyclic) bond motifs is 1. The van der Waals surface area contributed by atoms with Crippen molar-refractivity contribution < 1.29 is 4.74 Å². The molecule has 1 aromatic carbocycles. The van der Waals surface area contributed by atoms with Crippen LogP contribution >= 0.6 is 0 Å². The van der Waals surface area contributed by atoms with Crippen molar-refractivity contribution in [3.8, 4) is 12.1 Å². The standard InChI is InChI=1S/C16H12N4O/c1-11-14-5-6-18-9-15(14)20-16(19-11)21-10-13-4-2-3-12(7-13)8-17/h2-7,9H,10H2,1H3. The third-order valence-corrected chi connectivity index (χ3v) is 3.09. The molecule has 0 atom stereocenters. The van der Waals surface area contributed by atoms with E-state index in [1.165, 1.54) is 0 Å². The van der Waals surface area contributed by atoms with Gasteiger partial charge in [-0.1, -0.05) is 12.1 Å². The zero-order valence-corrected chi connectivity index (χ0v) is 11.4. The number of aryl methyl sites for hydroxylation is 1. The van der Waals surface area contributed by atoms with Crippen molar-refractivity contribution in [2.75, 3.05) is 0 Å². The summed E-state index contributed by atoms with van der Waals surface area (Å²) in [7, 11) is 0. The lowest BCUT2D eigenvalue weighted by Crippen LogP contribution is -2.01. The first-order valence-corrected chi connectivity index (χ1v) is 6.46. The number of hydrogen-bond acceptors (Lipinski definition) is 5. The second kappa shape index (κ2) is 5.55. The number of rotatable bonds is 3. The van der Waals surface area contributed by atoms with E-state index in [4.69, 9.17) is 10.00 Å². The average molecular weight is 276 g/mol. The minimum Gasteiger partial charge on any atom is -0.459 e. The van der Waals surface area contributed by atoms with Crippen molar-refractivity contribution in [2.24, 2.45) is 0 Å². The molecular weight excluding hydrogens is 264 g/mol. The van der Waals surface area contributed by atoms with E-state index in [0.29, 0.717) is 18.2 Å². The molecule has 0 N–H and O–H groups in total. The molecule has 2 aromatic heterocycles. The van der Waals surface area contributed by atoms with Crippen LogP contribution in [0.4, 0.5) is 0 Å². The highest BCUT2D eigenvalue weighted by molar-refractivity contribution is 5.79. The van der Waals surface area contributed by atoms with Gasteiger partial charge in [0.2, 0.25) is 0 Å². The van der Waals surface area contributed by atoms with Gasteiger partial charge in [-0.3, -0.25) is 4.98 Å². The largest absolute Gasteiger partial charge is 0.459 e. The SMILES string of the molecule is Cc1nc(OCc2cccc(C#N)c2)nc2cnccc12. The topological polar surface area (TPSA) is 71.7 Å². The Kier molecular flexibility index (Phi) is 3.44. The number of nitrogens with zero attached hydrogens (tertiary/aromatic N) is 4. The van der Waals surface area contributed by atoms with Crippen molar-refractivity contribution in [3.05, 3.63) is 59.5 Å². The third kappa shape index (κ3) is 2.79. The molecule has 0 radical (unpaired) electrons. The predicted molar refractivity (Wildman–Crippen MR) is 77.6 cm³/mol. The third-order valence-electron chi connectivity index (χ3n) is 3.09. The minimum absolute atomic E-state index is 0.315. The van der Waals surface area contributed by atoms with Crippen LogP contribution in [0.2, 0.25) is 0 Å². The van der Waals surface area contributed by atoms with Crippen LogP contribution in [0.15, 0.2) is 42.7 Å². The zero-order valence-electron chi connectivity index (χ0n) is 11.4. The Morgan fingerprint density at radius 2 is 2.14 bits per heavy atom. The fourth-order valence-corrected chi connectivity index (χ4v) is 2.06. The van der Waals surface area contributed by atoms with E-state index in [2.05, 4.69) is 21.0 Å². The first-order valence-electron chi connectivity index (χ1n) is 6.46. The highest BCUT2D eigenvalue weighted by atomic mass is 16.5. The van der Waals surface area contributed by atoms with Crippen molar-refractivity contribution in [2.45, 2.75) is 13.5 Å². The summed E-state index contributed by atoms with van der Waals surface area (Å²) in [6.07, 6.45) is 3.40. The molecule has 0 saturated carbocycles. The fourth-order valence-electron chi connectivity index (χ4n) is 2.06. The first kappa shape index (κ1) is 13.0. The lowest BCUT2D eigenvalue weighted by molar-refractivity contribution is 0.281. The van der Waals surface area contributed by atoms with Gasteiger partial charge in [-0.25, -0.2) is 0 Å². The van der Waals surface area contributed by atoms with Crippen LogP contribution in [0.3, 0.4) is 0 Å². The first-order chi connectivity index (χ1) is 10.3. The number of aromatic nitrogens is 3. The molecule has 0 aliphatic carbocycles. The van der Waals surface area contributed by atoms with E-state index in [1.54, 1.807) is 24.5 Å². The van der Waals surface area contributed by atoms with Crippen LogP contribution in [0.1, 0.15) is 16.8 Å². The average Bonchev–Trinajstić information content (AvgIpc) is 2.53. The van der Waals surface area contributed by atoms with Crippen molar-refractivity contribution in [1.82, 2.24) is 15.0 Å². The molecule has 102 valence electrons. The molecule has 0 spiro atoms. The normalized spacial score (nSPS) is 10.3. The van der Waals surface area contributed by atoms with Gasteiger partial charge >= 0.3 is 6.01 Å². The lowest BCUT2D eigenvalue weighted by Gasteiger charge is -2.07. The van der Waals surface area contributed by atoms with Gasteiger partial charge in [0, 0.05) is 11.6 Å². The Balaban J connectivity index is 1.83. The Morgan fingerprint density at radius 3 is 3.00 bits per heavy atom. The van der Waals surface area contributed by atoms with E-state index >= 15 is 0 Å². The van der Waals surface area contributed by atoms with Gasteiger partial charge in [0.15, 0.2) is 0 Å². The molecule has 0 amide bonds. The molecule has 0 aliphatic heterocycles. The van der Waals surface area contributed by atoms with Crippen LogP contribution in [-0.2, 0) is 6.61 Å². The van der Waals surface area contributed by atoms with Crippen LogP contribution in [0.25, 0.3) is 10.9 Å². The Bertz CT molecular complexity index is 839. The van der Waals surface area contributed by atoms with Crippen LogP contribution < -0.4 is 4.74 Å². The van der Waals surface area contributed by atoms with Gasteiger partial charge in [-0.05, 0) is 30.7 Å². The summed E-state index contributed by atoms with van der Waals surface area (Å²) >= 11 is 0. The number of nitriles is 1. The molecule has 0 unspecified atom stereocenters. The molecule has 0 bridgehead atoms. The second-order valence-electron chi connectivity index (χ2n) is 4.59. The summed E-state index contributed by atoms with van der Waals surface area (Å²) in [5.74, 6) is 0.